The lowest BCUT2D eigenvalue weighted by molar-refractivity contribution is -0.950. The third-order valence-electron chi connectivity index (χ3n) is 8.28. The second-order valence-electron chi connectivity index (χ2n) is 9.61. The molecule has 138 valence electrons. The average Bonchev–Trinajstić information content (AvgIpc) is 3.32. The zero-order valence-electron chi connectivity index (χ0n) is 15.2. The number of quaternary nitrogens is 1. The predicted molar refractivity (Wildman–Crippen MR) is 94.1 cm³/mol. The van der Waals surface area contributed by atoms with Crippen LogP contribution in [0.2, 0.25) is 0 Å². The number of hydrogen-bond acceptors (Lipinski definition) is 4. The summed E-state index contributed by atoms with van der Waals surface area (Å²) in [6.45, 7) is 2.09. The second kappa shape index (κ2) is 4.45. The van der Waals surface area contributed by atoms with Crippen LogP contribution >= 0.6 is 0 Å². The van der Waals surface area contributed by atoms with Crippen molar-refractivity contribution in [3.8, 4) is 11.5 Å². The molecule has 2 heterocycles. The number of carbonyl (C=O) groups is 1. The highest BCUT2D eigenvalue weighted by Crippen LogP contribution is 2.65. The lowest BCUT2D eigenvalue weighted by atomic mass is 9.48. The molecule has 1 aromatic carbocycles. The van der Waals surface area contributed by atoms with E-state index in [0.717, 1.165) is 47.5 Å². The Hall–Kier alpha value is -1.59. The molecule has 3 fully saturated rings. The highest BCUT2D eigenvalue weighted by atomic mass is 16.5. The van der Waals surface area contributed by atoms with Gasteiger partial charge in [0.1, 0.15) is 11.6 Å². The molecule has 5 heteroatoms. The topological polar surface area (TPSA) is 66.8 Å². The van der Waals surface area contributed by atoms with Crippen molar-refractivity contribution in [1.82, 2.24) is 0 Å². The molecule has 6 rings (SSSR count). The van der Waals surface area contributed by atoms with Crippen molar-refractivity contribution in [2.75, 3.05) is 20.1 Å². The van der Waals surface area contributed by atoms with Gasteiger partial charge in [-0.15, -0.1) is 0 Å². The Morgan fingerprint density at radius 1 is 1.31 bits per heavy atom. The number of Topliss-reactive ketones (excluding diaryl/α,β-unsaturated/α-hetero) is 1. The summed E-state index contributed by atoms with van der Waals surface area (Å²) in [6.07, 6.45) is 4.42. The van der Waals surface area contributed by atoms with Crippen LogP contribution in [0.5, 0.6) is 11.5 Å². The smallest absolute Gasteiger partial charge is 0.174 e. The Balaban J connectivity index is 1.60. The summed E-state index contributed by atoms with van der Waals surface area (Å²) in [5, 5.41) is 22.5. The number of ether oxygens (including phenoxy) is 1. The molecule has 5 nitrogen and oxygen atoms in total. The van der Waals surface area contributed by atoms with E-state index in [9.17, 15) is 15.0 Å². The predicted octanol–water partition coefficient (Wildman–Crippen LogP) is 1.67. The van der Waals surface area contributed by atoms with E-state index >= 15 is 0 Å². The number of phenolic OH excluding ortho intramolecular Hbond substituents is 1. The van der Waals surface area contributed by atoms with Gasteiger partial charge < -0.3 is 19.4 Å². The maximum atomic E-state index is 12.8. The van der Waals surface area contributed by atoms with Gasteiger partial charge in [0.15, 0.2) is 23.4 Å². The standard InChI is InChI=1S/C21H25NO4/c1-22(11-12-2-3-12)9-8-20-17-13-4-5-14(23)18(17)26-19(20)15(24)6-7-21(20,25)16(22)10-13/h4-5,12,16,19,25H,2-3,6-11H2,1H3/p+1/t16?,19-,20?,21+,22?/m0/s1. The Morgan fingerprint density at radius 3 is 2.88 bits per heavy atom. The fourth-order valence-electron chi connectivity index (χ4n) is 6.94. The van der Waals surface area contributed by atoms with Gasteiger partial charge in [0.2, 0.25) is 0 Å². The van der Waals surface area contributed by atoms with Crippen LogP contribution in [0.25, 0.3) is 0 Å². The van der Waals surface area contributed by atoms with E-state index in [2.05, 4.69) is 7.05 Å². The minimum Gasteiger partial charge on any atom is -0.504 e. The molecule has 1 aromatic rings. The van der Waals surface area contributed by atoms with Gasteiger partial charge in [0.25, 0.3) is 0 Å². The number of nitrogens with zero attached hydrogens (tertiary/aromatic N) is 1. The number of phenols is 1. The Bertz CT molecular complexity index is 849. The molecule has 0 radical (unpaired) electrons. The van der Waals surface area contributed by atoms with Crippen molar-refractivity contribution >= 4 is 5.78 Å². The monoisotopic (exact) mass is 356 g/mol. The number of hydrogen-bond donors (Lipinski definition) is 2. The summed E-state index contributed by atoms with van der Waals surface area (Å²) in [4.78, 5) is 12.8. The molecule has 1 spiro atoms. The van der Waals surface area contributed by atoms with E-state index in [1.165, 1.54) is 12.8 Å². The fraction of sp³-hybridized carbons (Fsp3) is 0.667. The summed E-state index contributed by atoms with van der Waals surface area (Å²) < 4.78 is 6.98. The van der Waals surface area contributed by atoms with Crippen molar-refractivity contribution in [3.63, 3.8) is 0 Å². The van der Waals surface area contributed by atoms with Crippen LogP contribution in [0.15, 0.2) is 12.1 Å². The van der Waals surface area contributed by atoms with Gasteiger partial charge in [-0.05, 0) is 30.9 Å². The average molecular weight is 356 g/mol. The number of carbonyl (C=O) groups excluding carboxylic acids is 1. The number of piperidine rings is 1. The third kappa shape index (κ3) is 1.55. The van der Waals surface area contributed by atoms with Gasteiger partial charge in [-0.25, -0.2) is 0 Å². The SMILES string of the molecule is C[N+]1(CC2CC2)CCC23c4c5ccc(O)c4O[C@H]2C(=O)CC[C@@]3(O)C1C5. The fourth-order valence-corrected chi connectivity index (χ4v) is 6.94. The molecular formula is C21H26NO4+. The summed E-state index contributed by atoms with van der Waals surface area (Å²) in [7, 11) is 2.31. The van der Waals surface area contributed by atoms with Crippen LogP contribution in [-0.2, 0) is 16.6 Å². The number of rotatable bonds is 2. The molecule has 2 aliphatic heterocycles. The number of likely N-dealkylation sites (tertiary alicyclic amines) is 1. The minimum atomic E-state index is -0.931. The van der Waals surface area contributed by atoms with Crippen molar-refractivity contribution in [2.24, 2.45) is 5.92 Å². The zero-order chi connectivity index (χ0) is 17.9. The van der Waals surface area contributed by atoms with Crippen LogP contribution in [0.4, 0.5) is 0 Å². The maximum Gasteiger partial charge on any atom is 0.174 e. The normalized spacial score (nSPS) is 45.2. The molecule has 2 saturated carbocycles. The molecular weight excluding hydrogens is 330 g/mol. The number of benzene rings is 1. The number of aliphatic hydroxyl groups is 1. The van der Waals surface area contributed by atoms with E-state index < -0.39 is 17.1 Å². The zero-order valence-corrected chi connectivity index (χ0v) is 15.2. The van der Waals surface area contributed by atoms with E-state index in [-0.39, 0.29) is 17.6 Å². The Labute approximate surface area is 153 Å². The molecule has 26 heavy (non-hydrogen) atoms. The Kier molecular flexibility index (Phi) is 2.65. The molecule has 0 amide bonds. The van der Waals surface area contributed by atoms with Gasteiger partial charge in [-0.1, -0.05) is 6.07 Å². The van der Waals surface area contributed by atoms with Crippen LogP contribution < -0.4 is 4.74 Å². The largest absolute Gasteiger partial charge is 0.504 e. The lowest BCUT2D eigenvalue weighted by Crippen LogP contribution is -2.80. The van der Waals surface area contributed by atoms with Crippen molar-refractivity contribution < 1.29 is 24.2 Å². The first-order valence-electron chi connectivity index (χ1n) is 10.0. The van der Waals surface area contributed by atoms with Crippen molar-refractivity contribution in [3.05, 3.63) is 23.3 Å². The summed E-state index contributed by atoms with van der Waals surface area (Å²) in [5.74, 6) is 1.42. The number of likely N-dealkylation sites (N-methyl/N-ethyl adjacent to an activating group) is 1. The van der Waals surface area contributed by atoms with Gasteiger partial charge >= 0.3 is 0 Å². The minimum absolute atomic E-state index is 0.0789. The van der Waals surface area contributed by atoms with Gasteiger partial charge in [-0.2, -0.15) is 0 Å². The highest BCUT2D eigenvalue weighted by Gasteiger charge is 2.76. The first-order chi connectivity index (χ1) is 12.4. The number of aromatic hydroxyl groups is 1. The summed E-state index contributed by atoms with van der Waals surface area (Å²) >= 11 is 0. The Morgan fingerprint density at radius 2 is 2.12 bits per heavy atom. The van der Waals surface area contributed by atoms with E-state index in [0.29, 0.717) is 18.6 Å². The first-order valence-corrected chi connectivity index (χ1v) is 10.0. The molecule has 2 N–H and O–H groups in total. The highest BCUT2D eigenvalue weighted by molar-refractivity contribution is 5.90. The lowest BCUT2D eigenvalue weighted by Gasteiger charge is -2.64. The van der Waals surface area contributed by atoms with Crippen molar-refractivity contribution in [1.29, 1.82) is 0 Å². The van der Waals surface area contributed by atoms with Gasteiger partial charge in [0.05, 0.1) is 25.6 Å². The van der Waals surface area contributed by atoms with Crippen molar-refractivity contribution in [2.45, 2.75) is 61.7 Å². The number of ketones is 1. The molecule has 5 atom stereocenters. The molecule has 3 aliphatic carbocycles. The summed E-state index contributed by atoms with van der Waals surface area (Å²) in [6, 6.07) is 3.77. The van der Waals surface area contributed by atoms with Gasteiger partial charge in [-0.3, -0.25) is 4.79 Å². The molecule has 5 aliphatic rings. The van der Waals surface area contributed by atoms with Crippen LogP contribution in [0, 0.1) is 5.92 Å². The quantitative estimate of drug-likeness (QED) is 0.791. The van der Waals surface area contributed by atoms with Gasteiger partial charge in [0, 0.05) is 30.7 Å². The molecule has 0 aromatic heterocycles. The first kappa shape index (κ1) is 15.5. The second-order valence-corrected chi connectivity index (χ2v) is 9.61. The van der Waals surface area contributed by atoms with E-state index in [1.54, 1.807) is 6.07 Å². The summed E-state index contributed by atoms with van der Waals surface area (Å²) in [5.41, 5.74) is 0.492. The molecule has 2 bridgehead atoms. The van der Waals surface area contributed by atoms with Crippen LogP contribution in [0.1, 0.15) is 43.2 Å². The molecule has 3 unspecified atom stereocenters. The van der Waals surface area contributed by atoms with E-state index in [4.69, 9.17) is 4.74 Å². The third-order valence-corrected chi connectivity index (χ3v) is 8.28. The van der Waals surface area contributed by atoms with Crippen LogP contribution in [-0.4, -0.2) is 58.4 Å². The van der Waals surface area contributed by atoms with Crippen LogP contribution in [0.3, 0.4) is 0 Å². The molecule has 1 saturated heterocycles. The van der Waals surface area contributed by atoms with E-state index in [1.807, 2.05) is 6.07 Å². The maximum absolute atomic E-state index is 12.8.